The number of rotatable bonds is 7. The number of aromatic nitrogens is 3. The van der Waals surface area contributed by atoms with Gasteiger partial charge in [0.1, 0.15) is 17.4 Å². The highest BCUT2D eigenvalue weighted by Crippen LogP contribution is 2.39. The van der Waals surface area contributed by atoms with Crippen LogP contribution in [-0.2, 0) is 4.79 Å². The number of alkyl halides is 2. The summed E-state index contributed by atoms with van der Waals surface area (Å²) in [5.41, 5.74) is 1.49. The molecule has 0 spiro atoms. The Morgan fingerprint density at radius 2 is 2.18 bits per heavy atom. The molecule has 8 nitrogen and oxygen atoms in total. The molecule has 1 amide bonds. The molecule has 2 aromatic heterocycles. The predicted octanol–water partition coefficient (Wildman–Crippen LogP) is 4.35. The number of amides is 1. The number of hydrogen-bond acceptors (Lipinski definition) is 6. The smallest absolute Gasteiger partial charge is 0.295 e. The highest BCUT2D eigenvalue weighted by Gasteiger charge is 2.23. The summed E-state index contributed by atoms with van der Waals surface area (Å²) in [6.07, 6.45) is -2.42. The fourth-order valence-corrected chi connectivity index (χ4v) is 4.51. The summed E-state index contributed by atoms with van der Waals surface area (Å²) in [7, 11) is 1.42. The van der Waals surface area contributed by atoms with Crippen LogP contribution in [0.3, 0.4) is 0 Å². The van der Waals surface area contributed by atoms with E-state index in [2.05, 4.69) is 20.6 Å². The maximum absolute atomic E-state index is 13.4. The first-order chi connectivity index (χ1) is 13.5. The number of nitrogens with one attached hydrogen (secondary N) is 2. The average molecular weight is 516 g/mol. The lowest BCUT2D eigenvalue weighted by Crippen LogP contribution is -2.02. The van der Waals surface area contributed by atoms with Crippen LogP contribution in [-0.4, -0.2) is 27.8 Å². The van der Waals surface area contributed by atoms with Crippen molar-refractivity contribution in [2.24, 2.45) is 0 Å². The van der Waals surface area contributed by atoms with Gasteiger partial charge in [-0.1, -0.05) is 6.07 Å². The minimum absolute atomic E-state index is 0.0717. The van der Waals surface area contributed by atoms with Gasteiger partial charge in [0.2, 0.25) is 6.41 Å². The molecule has 0 bridgehead atoms. The van der Waals surface area contributed by atoms with E-state index in [9.17, 15) is 18.8 Å². The van der Waals surface area contributed by atoms with Crippen molar-refractivity contribution in [3.63, 3.8) is 0 Å². The van der Waals surface area contributed by atoms with Crippen LogP contribution in [0.25, 0.3) is 11.2 Å². The summed E-state index contributed by atoms with van der Waals surface area (Å²) in [5, 5.41) is 14.7. The average Bonchev–Trinajstić information content (AvgIpc) is 3.07. The van der Waals surface area contributed by atoms with E-state index in [1.165, 1.54) is 17.5 Å². The Morgan fingerprint density at radius 1 is 1.39 bits per heavy atom. The Balaban J connectivity index is 2.23. The highest BCUT2D eigenvalue weighted by molar-refractivity contribution is 14.2. The molecule has 2 heterocycles. The number of benzene rings is 1. The summed E-state index contributed by atoms with van der Waals surface area (Å²) in [6, 6.07) is 8.41. The van der Waals surface area contributed by atoms with Gasteiger partial charge in [-0.3, -0.25) is 9.13 Å². The number of fused-ring (bicyclic) bond motifs is 1. The topological polar surface area (TPSA) is 105 Å². The van der Waals surface area contributed by atoms with Gasteiger partial charge in [0.25, 0.3) is 6.43 Å². The number of hydrogen-bond donors (Lipinski definition) is 2. The van der Waals surface area contributed by atoms with Gasteiger partial charge in [-0.15, -0.1) is 0 Å². The van der Waals surface area contributed by atoms with Crippen LogP contribution in [0.15, 0.2) is 24.3 Å². The first-order valence-electron chi connectivity index (χ1n) is 7.66. The number of para-hydroxylation sites is 1. The molecule has 1 atom stereocenters. The second-order valence-corrected chi connectivity index (χ2v) is 7.37. The Labute approximate surface area is 172 Å². The molecular weight excluding hydrogens is 504 g/mol. The summed E-state index contributed by atoms with van der Waals surface area (Å²) in [6.45, 7) is 0. The van der Waals surface area contributed by atoms with Crippen molar-refractivity contribution in [2.75, 3.05) is 17.7 Å². The number of pyridine rings is 1. The van der Waals surface area contributed by atoms with Gasteiger partial charge < -0.3 is 15.4 Å². The molecule has 1 unspecified atom stereocenters. The van der Waals surface area contributed by atoms with E-state index in [0.717, 1.165) is 0 Å². The van der Waals surface area contributed by atoms with Crippen molar-refractivity contribution in [3.05, 3.63) is 35.7 Å². The number of carbonyl (C=O) groups excluding carboxylic acids is 1. The summed E-state index contributed by atoms with van der Waals surface area (Å²) in [4.78, 5) is 19.1. The number of imidazole rings is 1. The van der Waals surface area contributed by atoms with Crippen LogP contribution in [0.4, 0.5) is 26.0 Å². The third kappa shape index (κ3) is 3.70. The molecule has 0 aliphatic carbocycles. The number of carbonyl (C=O) groups is 1. The summed E-state index contributed by atoms with van der Waals surface area (Å²) in [5.74, 6) is 0.0421. The first kappa shape index (κ1) is 20.2. The lowest BCUT2D eigenvalue weighted by Gasteiger charge is -2.13. The van der Waals surface area contributed by atoms with E-state index in [0.29, 0.717) is 29.1 Å². The van der Waals surface area contributed by atoms with Crippen molar-refractivity contribution < 1.29 is 18.3 Å². The molecule has 1 aromatic carbocycles. The number of nitrogens with zero attached hydrogens (tertiary/aromatic N) is 4. The highest BCUT2D eigenvalue weighted by atomic mass is 127. The van der Waals surface area contributed by atoms with Crippen LogP contribution >= 0.6 is 28.4 Å². The minimum Gasteiger partial charge on any atom is -0.493 e. The van der Waals surface area contributed by atoms with Crippen LogP contribution in [0.5, 0.6) is 5.75 Å². The second-order valence-electron chi connectivity index (χ2n) is 5.30. The molecule has 28 heavy (non-hydrogen) atoms. The maximum atomic E-state index is 13.4. The third-order valence-corrected chi connectivity index (χ3v) is 5.79. The van der Waals surface area contributed by atoms with Gasteiger partial charge in [-0.25, -0.2) is 18.7 Å². The number of halogens is 3. The largest absolute Gasteiger partial charge is 0.493 e. The van der Waals surface area contributed by atoms with E-state index in [-0.39, 0.29) is 23.4 Å². The minimum atomic E-state index is -2.79. The zero-order chi connectivity index (χ0) is 20.3. The van der Waals surface area contributed by atoms with Crippen molar-refractivity contribution in [2.45, 2.75) is 6.43 Å². The molecule has 144 valence electrons. The Hall–Kier alpha value is -2.58. The van der Waals surface area contributed by atoms with E-state index < -0.39 is 12.2 Å². The molecule has 0 aliphatic heterocycles. The number of methoxy groups -OCH3 is 1. The van der Waals surface area contributed by atoms with Crippen LogP contribution in [0.2, 0.25) is 0 Å². The molecule has 3 aromatic rings. The van der Waals surface area contributed by atoms with E-state index >= 15 is 0 Å². The van der Waals surface area contributed by atoms with E-state index in [4.69, 9.17) is 4.74 Å². The lowest BCUT2D eigenvalue weighted by atomic mass is 10.2. The number of ether oxygens (including phenoxy) is 1. The van der Waals surface area contributed by atoms with E-state index in [1.807, 2.05) is 28.1 Å². The molecule has 0 radical (unpaired) electrons. The molecule has 3 rings (SSSR count). The molecule has 0 saturated heterocycles. The zero-order valence-electron chi connectivity index (χ0n) is 14.2. The number of anilines is 3. The zero-order valence-corrected chi connectivity index (χ0v) is 17.4. The van der Waals surface area contributed by atoms with E-state index in [1.54, 1.807) is 18.2 Å². The van der Waals surface area contributed by atoms with Crippen molar-refractivity contribution >= 4 is 63.2 Å². The number of nitriles is 1. The molecule has 0 saturated carbocycles. The van der Waals surface area contributed by atoms with Gasteiger partial charge in [0.15, 0.2) is 17.2 Å². The molecular formula is C16H12F2IN6O2P. The Kier molecular flexibility index (Phi) is 6.21. The molecule has 0 aliphatic rings. The third-order valence-electron chi connectivity index (χ3n) is 3.74. The Bertz CT molecular complexity index is 1090. The predicted molar refractivity (Wildman–Crippen MR) is 111 cm³/mol. The normalized spacial score (nSPS) is 11.1. The second kappa shape index (κ2) is 8.62. The van der Waals surface area contributed by atoms with Gasteiger partial charge in [-0.05, 0) is 34.2 Å². The standard InChI is InChI=1S/C16H12F2IN6O2P/c1-27-13-8(6-20)3-2-4-9(13)22-10-5-11(21-7-26)23-15-12(10)24-16(14(17)18)25(15)28-19/h2-5,7,14,28H,1H3,(H2,21,22,23,26). The molecule has 0 fully saturated rings. The molecule has 12 heteroatoms. The van der Waals surface area contributed by atoms with Crippen LogP contribution in [0.1, 0.15) is 17.8 Å². The lowest BCUT2D eigenvalue weighted by molar-refractivity contribution is -0.105. The molecule has 2 N–H and O–H groups in total. The maximum Gasteiger partial charge on any atom is 0.295 e. The Morgan fingerprint density at radius 3 is 2.79 bits per heavy atom. The fourth-order valence-electron chi connectivity index (χ4n) is 2.61. The van der Waals surface area contributed by atoms with Gasteiger partial charge >= 0.3 is 0 Å². The van der Waals surface area contributed by atoms with Gasteiger partial charge in [-0.2, -0.15) is 5.26 Å². The fraction of sp³-hybridized carbons (Fsp3) is 0.125. The van der Waals surface area contributed by atoms with Crippen molar-refractivity contribution in [1.29, 1.82) is 5.26 Å². The van der Waals surface area contributed by atoms with Crippen molar-refractivity contribution in [3.8, 4) is 11.8 Å². The van der Waals surface area contributed by atoms with Crippen LogP contribution in [0, 0.1) is 11.3 Å². The first-order valence-corrected chi connectivity index (χ1v) is 11.7. The van der Waals surface area contributed by atoms with Gasteiger partial charge in [0.05, 0.1) is 30.4 Å². The quantitative estimate of drug-likeness (QED) is 0.275. The summed E-state index contributed by atoms with van der Waals surface area (Å²) >= 11 is 1.96. The summed E-state index contributed by atoms with van der Waals surface area (Å²) < 4.78 is 33.4. The monoisotopic (exact) mass is 516 g/mol. The van der Waals surface area contributed by atoms with Crippen LogP contribution < -0.4 is 15.4 Å². The van der Waals surface area contributed by atoms with Crippen molar-refractivity contribution in [1.82, 2.24) is 14.3 Å². The SMILES string of the molecule is COc1c(C#N)cccc1Nc1cc(NC=O)nc2c1nc(C(F)F)n2PI. The van der Waals surface area contributed by atoms with Gasteiger partial charge in [0, 0.05) is 6.07 Å².